The average Bonchev–Trinajstić information content (AvgIpc) is 2.53. The topological polar surface area (TPSA) is 38.3 Å². The van der Waals surface area contributed by atoms with E-state index in [1.54, 1.807) is 6.07 Å². The minimum absolute atomic E-state index is 0.0189. The van der Waals surface area contributed by atoms with Crippen LogP contribution in [0.15, 0.2) is 48.5 Å². The lowest BCUT2D eigenvalue weighted by molar-refractivity contribution is -0.120. The fourth-order valence-electron chi connectivity index (χ4n) is 2.41. The van der Waals surface area contributed by atoms with Gasteiger partial charge in [0.2, 0.25) is 5.91 Å². The molecule has 1 amide bonds. The minimum Gasteiger partial charge on any atom is -0.494 e. The highest BCUT2D eigenvalue weighted by atomic mass is 35.5. The summed E-state index contributed by atoms with van der Waals surface area (Å²) >= 11 is 5.92. The molecule has 2 rings (SSSR count). The number of rotatable bonds is 8. The minimum atomic E-state index is 0.0189. The largest absolute Gasteiger partial charge is 0.494 e. The summed E-state index contributed by atoms with van der Waals surface area (Å²) in [7, 11) is 0. The van der Waals surface area contributed by atoms with Crippen LogP contribution in [0.5, 0.6) is 5.75 Å². The van der Waals surface area contributed by atoms with E-state index in [2.05, 4.69) is 11.4 Å². The molecule has 0 unspecified atom stereocenters. The lowest BCUT2D eigenvalue weighted by atomic mass is 10.1. The fraction of sp³-hybridized carbons (Fsp3) is 0.316. The quantitative estimate of drug-likeness (QED) is 0.742. The van der Waals surface area contributed by atoms with E-state index in [4.69, 9.17) is 16.3 Å². The van der Waals surface area contributed by atoms with Crippen molar-refractivity contribution in [2.24, 2.45) is 0 Å². The molecule has 4 heteroatoms. The van der Waals surface area contributed by atoms with Gasteiger partial charge in [-0.1, -0.05) is 41.9 Å². The van der Waals surface area contributed by atoms with Gasteiger partial charge in [-0.05, 0) is 49.1 Å². The van der Waals surface area contributed by atoms with Gasteiger partial charge >= 0.3 is 0 Å². The Kier molecular flexibility index (Phi) is 6.95. The van der Waals surface area contributed by atoms with E-state index in [9.17, 15) is 4.79 Å². The summed E-state index contributed by atoms with van der Waals surface area (Å²) in [5.41, 5.74) is 2.11. The third-order valence-electron chi connectivity index (χ3n) is 3.47. The zero-order valence-corrected chi connectivity index (χ0v) is 14.1. The van der Waals surface area contributed by atoms with Gasteiger partial charge in [-0.2, -0.15) is 0 Å². The Bertz CT molecular complexity index is 643. The first-order chi connectivity index (χ1) is 11.2. The van der Waals surface area contributed by atoms with E-state index in [1.165, 1.54) is 5.56 Å². The maximum Gasteiger partial charge on any atom is 0.224 e. The lowest BCUT2D eigenvalue weighted by Crippen LogP contribution is -2.26. The molecule has 0 heterocycles. The average molecular weight is 332 g/mol. The predicted molar refractivity (Wildman–Crippen MR) is 94.1 cm³/mol. The molecule has 122 valence electrons. The van der Waals surface area contributed by atoms with Gasteiger partial charge in [-0.3, -0.25) is 4.79 Å². The van der Waals surface area contributed by atoms with E-state index in [-0.39, 0.29) is 5.91 Å². The van der Waals surface area contributed by atoms with E-state index < -0.39 is 0 Å². The van der Waals surface area contributed by atoms with Crippen LogP contribution in [0.1, 0.15) is 24.5 Å². The van der Waals surface area contributed by atoms with Crippen molar-refractivity contribution in [3.63, 3.8) is 0 Å². The van der Waals surface area contributed by atoms with E-state index in [1.807, 2.05) is 43.3 Å². The first-order valence-electron chi connectivity index (χ1n) is 7.91. The Balaban J connectivity index is 1.74. The van der Waals surface area contributed by atoms with Crippen molar-refractivity contribution in [1.82, 2.24) is 5.32 Å². The molecule has 2 aromatic carbocycles. The van der Waals surface area contributed by atoms with Gasteiger partial charge in [-0.25, -0.2) is 0 Å². The van der Waals surface area contributed by atoms with Crippen molar-refractivity contribution in [2.45, 2.75) is 26.2 Å². The number of ether oxygens (including phenoxy) is 1. The van der Waals surface area contributed by atoms with Crippen molar-refractivity contribution < 1.29 is 9.53 Å². The van der Waals surface area contributed by atoms with Gasteiger partial charge in [0.25, 0.3) is 0 Å². The standard InChI is InChI=1S/C19H22ClNO2/c1-2-23-18-11-4-3-8-16(18)9-6-12-21-19(22)14-15-7-5-10-17(20)13-15/h3-5,7-8,10-11,13H,2,6,9,12,14H2,1H3,(H,21,22). The molecule has 0 aromatic heterocycles. The molecule has 0 saturated carbocycles. The van der Waals surface area contributed by atoms with Crippen LogP contribution >= 0.6 is 11.6 Å². The zero-order valence-electron chi connectivity index (χ0n) is 13.3. The molecule has 2 aromatic rings. The van der Waals surface area contributed by atoms with Crippen LogP contribution in [0, 0.1) is 0 Å². The molecule has 0 aliphatic rings. The van der Waals surface area contributed by atoms with Gasteiger partial charge in [0.05, 0.1) is 13.0 Å². The van der Waals surface area contributed by atoms with Gasteiger partial charge in [0, 0.05) is 11.6 Å². The Labute approximate surface area is 142 Å². The number of halogens is 1. The molecule has 1 N–H and O–H groups in total. The number of para-hydroxylation sites is 1. The third-order valence-corrected chi connectivity index (χ3v) is 3.71. The predicted octanol–water partition coefficient (Wildman–Crippen LogP) is 4.03. The monoisotopic (exact) mass is 331 g/mol. The molecule has 0 atom stereocenters. The molecule has 0 fully saturated rings. The Morgan fingerprint density at radius 2 is 2.00 bits per heavy atom. The second kappa shape index (κ2) is 9.21. The van der Waals surface area contributed by atoms with Crippen LogP contribution in [0.3, 0.4) is 0 Å². The summed E-state index contributed by atoms with van der Waals surface area (Å²) in [4.78, 5) is 11.9. The van der Waals surface area contributed by atoms with E-state index in [0.717, 1.165) is 24.2 Å². The normalized spacial score (nSPS) is 10.3. The number of benzene rings is 2. The number of aryl methyl sites for hydroxylation is 1. The Morgan fingerprint density at radius 3 is 2.78 bits per heavy atom. The molecular weight excluding hydrogens is 310 g/mol. The first-order valence-corrected chi connectivity index (χ1v) is 8.28. The number of carbonyl (C=O) groups excluding carboxylic acids is 1. The molecule has 23 heavy (non-hydrogen) atoms. The van der Waals surface area contributed by atoms with Crippen molar-refractivity contribution >= 4 is 17.5 Å². The van der Waals surface area contributed by atoms with E-state index >= 15 is 0 Å². The van der Waals surface area contributed by atoms with Gasteiger partial charge in [0.15, 0.2) is 0 Å². The van der Waals surface area contributed by atoms with Gasteiger partial charge < -0.3 is 10.1 Å². The number of carbonyl (C=O) groups is 1. The number of hydrogen-bond acceptors (Lipinski definition) is 2. The van der Waals surface area contributed by atoms with E-state index in [0.29, 0.717) is 24.6 Å². The summed E-state index contributed by atoms with van der Waals surface area (Å²) in [5, 5.41) is 3.60. The summed E-state index contributed by atoms with van der Waals surface area (Å²) in [6.07, 6.45) is 2.12. The van der Waals surface area contributed by atoms with Crippen molar-refractivity contribution in [1.29, 1.82) is 0 Å². The van der Waals surface area contributed by atoms with Crippen LogP contribution in [0.4, 0.5) is 0 Å². The summed E-state index contributed by atoms with van der Waals surface area (Å²) in [6, 6.07) is 15.4. The fourth-order valence-corrected chi connectivity index (χ4v) is 2.62. The lowest BCUT2D eigenvalue weighted by Gasteiger charge is -2.10. The molecule has 0 saturated heterocycles. The smallest absolute Gasteiger partial charge is 0.224 e. The summed E-state index contributed by atoms with van der Waals surface area (Å²) in [5.74, 6) is 0.950. The molecule has 0 aliphatic carbocycles. The number of amides is 1. The third kappa shape index (κ3) is 5.95. The highest BCUT2D eigenvalue weighted by Gasteiger charge is 2.05. The SMILES string of the molecule is CCOc1ccccc1CCCNC(=O)Cc1cccc(Cl)c1. The molecule has 3 nitrogen and oxygen atoms in total. The van der Waals surface area contributed by atoms with Crippen LogP contribution in [-0.4, -0.2) is 19.1 Å². The van der Waals surface area contributed by atoms with Crippen molar-refractivity contribution in [2.75, 3.05) is 13.2 Å². The maximum atomic E-state index is 11.9. The second-order valence-corrected chi connectivity index (χ2v) is 5.74. The van der Waals surface area contributed by atoms with Gasteiger partial charge in [-0.15, -0.1) is 0 Å². The van der Waals surface area contributed by atoms with Crippen LogP contribution in [-0.2, 0) is 17.6 Å². The second-order valence-electron chi connectivity index (χ2n) is 5.30. The van der Waals surface area contributed by atoms with Crippen LogP contribution < -0.4 is 10.1 Å². The van der Waals surface area contributed by atoms with Crippen molar-refractivity contribution in [3.8, 4) is 5.75 Å². The summed E-state index contributed by atoms with van der Waals surface area (Å²) < 4.78 is 5.61. The zero-order chi connectivity index (χ0) is 16.5. The first kappa shape index (κ1) is 17.4. The van der Waals surface area contributed by atoms with Gasteiger partial charge in [0.1, 0.15) is 5.75 Å². The van der Waals surface area contributed by atoms with Crippen LogP contribution in [0.25, 0.3) is 0 Å². The molecular formula is C19H22ClNO2. The number of hydrogen-bond donors (Lipinski definition) is 1. The summed E-state index contributed by atoms with van der Waals surface area (Å²) in [6.45, 7) is 3.29. The maximum absolute atomic E-state index is 11.9. The number of nitrogens with one attached hydrogen (secondary N) is 1. The highest BCUT2D eigenvalue weighted by Crippen LogP contribution is 2.19. The molecule has 0 bridgehead atoms. The Morgan fingerprint density at radius 1 is 1.17 bits per heavy atom. The van der Waals surface area contributed by atoms with Crippen LogP contribution in [0.2, 0.25) is 5.02 Å². The molecule has 0 aliphatic heterocycles. The highest BCUT2D eigenvalue weighted by molar-refractivity contribution is 6.30. The van der Waals surface area contributed by atoms with Crippen molar-refractivity contribution in [3.05, 3.63) is 64.7 Å². The molecule has 0 spiro atoms. The molecule has 0 radical (unpaired) electrons. The Hall–Kier alpha value is -2.00.